The van der Waals surface area contributed by atoms with Gasteiger partial charge in [0.15, 0.2) is 4.34 Å². The number of nitrogens with zero attached hydrogens (tertiary/aromatic N) is 2. The minimum absolute atomic E-state index is 0.0462. The number of rotatable bonds is 9. The summed E-state index contributed by atoms with van der Waals surface area (Å²) < 4.78 is 0.793. The number of aryl methyl sites for hydroxylation is 1. The van der Waals surface area contributed by atoms with Crippen LogP contribution in [0.15, 0.2) is 28.6 Å². The van der Waals surface area contributed by atoms with Gasteiger partial charge < -0.3 is 10.6 Å². The molecule has 1 atom stereocenters. The standard InChI is InChI=1S/C18H26N4OS2/c1-12(2)9-10-14(4)19-16(23)11-24-18-22-21-17(25-18)20-15-8-6-5-7-13(15)3/h5-8,12,14H,9-11H2,1-4H3,(H,19,23)(H,20,21)/t14-/m1/s1. The summed E-state index contributed by atoms with van der Waals surface area (Å²) in [4.78, 5) is 12.0. The van der Waals surface area contributed by atoms with Gasteiger partial charge in [0.25, 0.3) is 0 Å². The smallest absolute Gasteiger partial charge is 0.230 e. The average Bonchev–Trinajstić information content (AvgIpc) is 3.01. The first-order valence-corrected chi connectivity index (χ1v) is 10.3. The van der Waals surface area contributed by atoms with Crippen molar-refractivity contribution in [2.75, 3.05) is 11.1 Å². The highest BCUT2D eigenvalue weighted by Gasteiger charge is 2.11. The van der Waals surface area contributed by atoms with Gasteiger partial charge in [0.1, 0.15) is 0 Å². The van der Waals surface area contributed by atoms with Crippen molar-refractivity contribution in [3.63, 3.8) is 0 Å². The van der Waals surface area contributed by atoms with E-state index in [2.05, 4.69) is 41.6 Å². The number of nitrogens with one attached hydrogen (secondary N) is 2. The lowest BCUT2D eigenvalue weighted by Crippen LogP contribution is -2.33. The first kappa shape index (κ1) is 19.7. The van der Waals surface area contributed by atoms with Crippen LogP contribution in [0.1, 0.15) is 39.2 Å². The minimum atomic E-state index is 0.0462. The lowest BCUT2D eigenvalue weighted by molar-refractivity contribution is -0.119. The molecule has 5 nitrogen and oxygen atoms in total. The Labute approximate surface area is 158 Å². The molecule has 0 saturated heterocycles. The number of hydrogen-bond donors (Lipinski definition) is 2. The number of carbonyl (C=O) groups excluding carboxylic acids is 1. The van der Waals surface area contributed by atoms with Crippen LogP contribution in [0.4, 0.5) is 10.8 Å². The van der Waals surface area contributed by atoms with Crippen LogP contribution in [0.3, 0.4) is 0 Å². The molecular weight excluding hydrogens is 352 g/mol. The number of benzene rings is 1. The van der Waals surface area contributed by atoms with Crippen molar-refractivity contribution in [1.29, 1.82) is 0 Å². The van der Waals surface area contributed by atoms with Gasteiger partial charge in [-0.3, -0.25) is 4.79 Å². The third-order valence-electron chi connectivity index (χ3n) is 3.70. The number of thioether (sulfide) groups is 1. The molecule has 0 aliphatic heterocycles. The van der Waals surface area contributed by atoms with Gasteiger partial charge in [-0.05, 0) is 44.2 Å². The van der Waals surface area contributed by atoms with E-state index in [1.54, 1.807) is 0 Å². The Bertz CT molecular complexity index is 687. The van der Waals surface area contributed by atoms with Crippen molar-refractivity contribution in [3.05, 3.63) is 29.8 Å². The monoisotopic (exact) mass is 378 g/mol. The van der Waals surface area contributed by atoms with E-state index in [0.29, 0.717) is 11.7 Å². The number of para-hydroxylation sites is 1. The maximum absolute atomic E-state index is 12.0. The van der Waals surface area contributed by atoms with E-state index in [1.807, 2.05) is 31.2 Å². The third-order valence-corrected chi connectivity index (χ3v) is 5.68. The molecule has 0 saturated carbocycles. The van der Waals surface area contributed by atoms with Crippen LogP contribution in [-0.2, 0) is 4.79 Å². The van der Waals surface area contributed by atoms with Gasteiger partial charge in [0.2, 0.25) is 11.0 Å². The Morgan fingerprint density at radius 3 is 2.68 bits per heavy atom. The van der Waals surface area contributed by atoms with Crippen LogP contribution >= 0.6 is 23.1 Å². The number of aromatic nitrogens is 2. The minimum Gasteiger partial charge on any atom is -0.353 e. The summed E-state index contributed by atoms with van der Waals surface area (Å²) in [5, 5.41) is 15.3. The lowest BCUT2D eigenvalue weighted by Gasteiger charge is -2.14. The molecule has 2 N–H and O–H groups in total. The fourth-order valence-electron chi connectivity index (χ4n) is 2.25. The second-order valence-electron chi connectivity index (χ2n) is 6.54. The topological polar surface area (TPSA) is 66.9 Å². The van der Waals surface area contributed by atoms with Gasteiger partial charge in [-0.25, -0.2) is 0 Å². The summed E-state index contributed by atoms with van der Waals surface area (Å²) in [6.07, 6.45) is 2.14. The Kier molecular flexibility index (Phi) is 7.71. The first-order valence-electron chi connectivity index (χ1n) is 8.52. The molecule has 0 fully saturated rings. The molecule has 1 heterocycles. The highest BCUT2D eigenvalue weighted by atomic mass is 32.2. The van der Waals surface area contributed by atoms with E-state index >= 15 is 0 Å². The summed E-state index contributed by atoms with van der Waals surface area (Å²) in [7, 11) is 0. The van der Waals surface area contributed by atoms with Crippen molar-refractivity contribution in [3.8, 4) is 0 Å². The molecule has 0 unspecified atom stereocenters. The van der Waals surface area contributed by atoms with Crippen LogP contribution in [0.5, 0.6) is 0 Å². The van der Waals surface area contributed by atoms with E-state index in [-0.39, 0.29) is 11.9 Å². The predicted molar refractivity (Wildman–Crippen MR) is 107 cm³/mol. The van der Waals surface area contributed by atoms with Gasteiger partial charge >= 0.3 is 0 Å². The molecule has 0 aliphatic rings. The number of anilines is 2. The molecule has 0 bridgehead atoms. The van der Waals surface area contributed by atoms with Crippen LogP contribution in [-0.4, -0.2) is 27.9 Å². The maximum atomic E-state index is 12.0. The normalized spacial score (nSPS) is 12.2. The zero-order valence-electron chi connectivity index (χ0n) is 15.2. The molecule has 1 aromatic carbocycles. The second kappa shape index (κ2) is 9.77. The second-order valence-corrected chi connectivity index (χ2v) is 8.74. The summed E-state index contributed by atoms with van der Waals surface area (Å²) in [6.45, 7) is 8.49. The van der Waals surface area contributed by atoms with Crippen molar-refractivity contribution in [1.82, 2.24) is 15.5 Å². The zero-order chi connectivity index (χ0) is 18.2. The van der Waals surface area contributed by atoms with Crippen molar-refractivity contribution < 1.29 is 4.79 Å². The molecule has 0 aliphatic carbocycles. The summed E-state index contributed by atoms with van der Waals surface area (Å²) >= 11 is 2.88. The largest absolute Gasteiger partial charge is 0.353 e. The number of carbonyl (C=O) groups is 1. The van der Waals surface area contributed by atoms with Crippen LogP contribution in [0.25, 0.3) is 0 Å². The molecule has 136 valence electrons. The van der Waals surface area contributed by atoms with Crippen LogP contribution < -0.4 is 10.6 Å². The molecule has 7 heteroatoms. The fraction of sp³-hybridized carbons (Fsp3) is 0.500. The lowest BCUT2D eigenvalue weighted by atomic mass is 10.0. The maximum Gasteiger partial charge on any atom is 0.230 e. The van der Waals surface area contributed by atoms with Crippen LogP contribution in [0.2, 0.25) is 0 Å². The molecule has 1 amide bonds. The molecule has 0 radical (unpaired) electrons. The fourth-order valence-corrected chi connectivity index (χ4v) is 3.82. The van der Waals surface area contributed by atoms with Crippen LogP contribution in [0, 0.1) is 12.8 Å². The summed E-state index contributed by atoms with van der Waals surface area (Å²) in [6, 6.07) is 8.25. The van der Waals surface area contributed by atoms with Crippen molar-refractivity contribution in [2.24, 2.45) is 5.92 Å². The highest BCUT2D eigenvalue weighted by Crippen LogP contribution is 2.28. The molecule has 1 aromatic heterocycles. The van der Waals surface area contributed by atoms with Crippen molar-refractivity contribution in [2.45, 2.75) is 50.9 Å². The van der Waals surface area contributed by atoms with E-state index < -0.39 is 0 Å². The molecule has 2 aromatic rings. The Morgan fingerprint density at radius 1 is 1.20 bits per heavy atom. The van der Waals surface area contributed by atoms with E-state index in [0.717, 1.165) is 33.6 Å². The number of amides is 1. The molecule has 25 heavy (non-hydrogen) atoms. The highest BCUT2D eigenvalue weighted by molar-refractivity contribution is 8.01. The predicted octanol–water partition coefficient (Wildman–Crippen LogP) is 4.62. The summed E-state index contributed by atoms with van der Waals surface area (Å²) in [5.41, 5.74) is 2.17. The average molecular weight is 379 g/mol. The van der Waals surface area contributed by atoms with Gasteiger partial charge in [-0.2, -0.15) is 0 Å². The molecule has 0 spiro atoms. The SMILES string of the molecule is Cc1ccccc1Nc1nnc(SCC(=O)N[C@H](C)CCC(C)C)s1. The first-order chi connectivity index (χ1) is 11.9. The zero-order valence-corrected chi connectivity index (χ0v) is 16.8. The van der Waals surface area contributed by atoms with Gasteiger partial charge in [0, 0.05) is 11.7 Å². The Hall–Kier alpha value is -1.60. The summed E-state index contributed by atoms with van der Waals surface area (Å²) in [5.74, 6) is 1.07. The van der Waals surface area contributed by atoms with Gasteiger partial charge in [0.05, 0.1) is 5.75 Å². The van der Waals surface area contributed by atoms with Gasteiger partial charge in [-0.15, -0.1) is 10.2 Å². The molecular formula is C18H26N4OS2. The number of hydrogen-bond acceptors (Lipinski definition) is 6. The van der Waals surface area contributed by atoms with E-state index in [4.69, 9.17) is 0 Å². The molecule has 2 rings (SSSR count). The van der Waals surface area contributed by atoms with Gasteiger partial charge in [-0.1, -0.05) is 55.1 Å². The Balaban J connectivity index is 1.77. The third kappa shape index (κ3) is 7.04. The van der Waals surface area contributed by atoms with E-state index in [9.17, 15) is 4.79 Å². The Morgan fingerprint density at radius 2 is 1.96 bits per heavy atom. The van der Waals surface area contributed by atoms with Crippen molar-refractivity contribution >= 4 is 39.8 Å². The van der Waals surface area contributed by atoms with E-state index in [1.165, 1.54) is 23.1 Å². The quantitative estimate of drug-likeness (QED) is 0.623.